The largest absolute Gasteiger partial charge is 0.508 e. The molecule has 5 heteroatoms. The third kappa shape index (κ3) is 5.00. The number of rotatable bonds is 9. The summed E-state index contributed by atoms with van der Waals surface area (Å²) in [7, 11) is 6.33. The standard InChI is InChI=1S/C23H28O5/c1-15(2)7-10-18-19(24)11-16(12-20(18)25-3)8-9-17-13-21(26-4)23(28-6)22(14-17)27-5/h8-9,11-14,24H,1,7,10H2,2-6H3/b9-8+. The Balaban J connectivity index is 2.36. The van der Waals surface area contributed by atoms with Crippen molar-refractivity contribution in [2.24, 2.45) is 0 Å². The zero-order valence-electron chi connectivity index (χ0n) is 17.2. The highest BCUT2D eigenvalue weighted by Gasteiger charge is 2.13. The Labute approximate surface area is 166 Å². The van der Waals surface area contributed by atoms with E-state index in [1.807, 2.05) is 37.3 Å². The number of hydrogen-bond acceptors (Lipinski definition) is 5. The maximum Gasteiger partial charge on any atom is 0.203 e. The number of allylic oxidation sites excluding steroid dienone is 1. The number of phenolic OH excluding ortho intramolecular Hbond substituents is 1. The van der Waals surface area contributed by atoms with E-state index in [1.54, 1.807) is 34.5 Å². The van der Waals surface area contributed by atoms with Gasteiger partial charge in [-0.1, -0.05) is 17.7 Å². The molecule has 0 fully saturated rings. The van der Waals surface area contributed by atoms with Crippen LogP contribution in [0.5, 0.6) is 28.7 Å². The summed E-state index contributed by atoms with van der Waals surface area (Å²) >= 11 is 0. The Kier molecular flexibility index (Phi) is 7.38. The zero-order valence-corrected chi connectivity index (χ0v) is 17.2. The molecule has 0 aliphatic rings. The minimum Gasteiger partial charge on any atom is -0.508 e. The number of aromatic hydroxyl groups is 1. The molecule has 0 heterocycles. The van der Waals surface area contributed by atoms with Gasteiger partial charge in [0.1, 0.15) is 11.5 Å². The highest BCUT2D eigenvalue weighted by atomic mass is 16.5. The highest BCUT2D eigenvalue weighted by Crippen LogP contribution is 2.39. The minimum atomic E-state index is 0.213. The van der Waals surface area contributed by atoms with Crippen LogP contribution in [0.2, 0.25) is 0 Å². The van der Waals surface area contributed by atoms with Crippen LogP contribution in [-0.4, -0.2) is 33.5 Å². The molecule has 2 rings (SSSR count). The van der Waals surface area contributed by atoms with Gasteiger partial charge in [0.05, 0.1) is 28.4 Å². The van der Waals surface area contributed by atoms with E-state index in [4.69, 9.17) is 18.9 Å². The van der Waals surface area contributed by atoms with Gasteiger partial charge in [0, 0.05) is 5.56 Å². The van der Waals surface area contributed by atoms with Crippen molar-refractivity contribution in [2.75, 3.05) is 28.4 Å². The van der Waals surface area contributed by atoms with Crippen molar-refractivity contribution in [1.82, 2.24) is 0 Å². The van der Waals surface area contributed by atoms with Crippen molar-refractivity contribution in [3.05, 3.63) is 53.1 Å². The first-order valence-corrected chi connectivity index (χ1v) is 8.95. The second kappa shape index (κ2) is 9.74. The maximum atomic E-state index is 10.4. The zero-order chi connectivity index (χ0) is 20.7. The Morgan fingerprint density at radius 1 is 0.857 bits per heavy atom. The molecule has 5 nitrogen and oxygen atoms in total. The molecule has 0 spiro atoms. The normalized spacial score (nSPS) is 10.8. The van der Waals surface area contributed by atoms with E-state index in [0.29, 0.717) is 29.4 Å². The molecular formula is C23H28O5. The maximum absolute atomic E-state index is 10.4. The SMILES string of the molecule is C=C(C)CCc1c(O)cc(/C=C/c2cc(OC)c(OC)c(OC)c2)cc1OC. The highest BCUT2D eigenvalue weighted by molar-refractivity contribution is 5.74. The van der Waals surface area contributed by atoms with Gasteiger partial charge >= 0.3 is 0 Å². The van der Waals surface area contributed by atoms with E-state index in [9.17, 15) is 5.11 Å². The van der Waals surface area contributed by atoms with Gasteiger partial charge in [-0.25, -0.2) is 0 Å². The van der Waals surface area contributed by atoms with Crippen LogP contribution in [0.25, 0.3) is 12.2 Å². The Bertz CT molecular complexity index is 843. The summed E-state index contributed by atoms with van der Waals surface area (Å²) in [6.45, 7) is 5.88. The lowest BCUT2D eigenvalue weighted by Crippen LogP contribution is -1.95. The summed E-state index contributed by atoms with van der Waals surface area (Å²) < 4.78 is 21.6. The van der Waals surface area contributed by atoms with Crippen LogP contribution in [0.3, 0.4) is 0 Å². The summed E-state index contributed by atoms with van der Waals surface area (Å²) in [5, 5.41) is 10.4. The molecule has 0 bridgehead atoms. The van der Waals surface area contributed by atoms with Crippen LogP contribution in [0.1, 0.15) is 30.0 Å². The lowest BCUT2D eigenvalue weighted by Gasteiger charge is -2.13. The van der Waals surface area contributed by atoms with Crippen LogP contribution in [0.15, 0.2) is 36.4 Å². The molecule has 0 atom stereocenters. The molecule has 0 saturated heterocycles. The van der Waals surface area contributed by atoms with Crippen LogP contribution in [0, 0.1) is 0 Å². The van der Waals surface area contributed by atoms with E-state index in [0.717, 1.165) is 28.7 Å². The first-order chi connectivity index (χ1) is 13.4. The smallest absolute Gasteiger partial charge is 0.203 e. The molecule has 1 N–H and O–H groups in total. The van der Waals surface area contributed by atoms with Crippen molar-refractivity contribution < 1.29 is 24.1 Å². The van der Waals surface area contributed by atoms with Gasteiger partial charge in [-0.3, -0.25) is 0 Å². The molecule has 0 aliphatic carbocycles. The second-order valence-electron chi connectivity index (χ2n) is 6.47. The number of methoxy groups -OCH3 is 4. The van der Waals surface area contributed by atoms with E-state index in [1.165, 1.54) is 0 Å². The Hall–Kier alpha value is -3.08. The van der Waals surface area contributed by atoms with Crippen molar-refractivity contribution >= 4 is 12.2 Å². The fourth-order valence-corrected chi connectivity index (χ4v) is 2.91. The van der Waals surface area contributed by atoms with Gasteiger partial charge in [-0.15, -0.1) is 6.58 Å². The van der Waals surface area contributed by atoms with Crippen LogP contribution >= 0.6 is 0 Å². The molecule has 150 valence electrons. The predicted molar refractivity (Wildman–Crippen MR) is 113 cm³/mol. The molecule has 2 aromatic carbocycles. The van der Waals surface area contributed by atoms with Gasteiger partial charge in [0.15, 0.2) is 11.5 Å². The van der Waals surface area contributed by atoms with E-state index in [2.05, 4.69) is 6.58 Å². The molecule has 0 unspecified atom stereocenters. The van der Waals surface area contributed by atoms with Gasteiger partial charge < -0.3 is 24.1 Å². The molecule has 2 aromatic rings. The average Bonchev–Trinajstić information content (AvgIpc) is 2.69. The summed E-state index contributed by atoms with van der Waals surface area (Å²) in [6, 6.07) is 7.35. The topological polar surface area (TPSA) is 57.2 Å². The monoisotopic (exact) mass is 384 g/mol. The number of hydrogen-bond donors (Lipinski definition) is 1. The average molecular weight is 384 g/mol. The first-order valence-electron chi connectivity index (χ1n) is 8.95. The molecule has 0 aliphatic heterocycles. The second-order valence-corrected chi connectivity index (χ2v) is 6.47. The Morgan fingerprint density at radius 3 is 1.82 bits per heavy atom. The van der Waals surface area contributed by atoms with E-state index >= 15 is 0 Å². The van der Waals surface area contributed by atoms with Crippen LogP contribution < -0.4 is 18.9 Å². The fraction of sp³-hybridized carbons (Fsp3) is 0.304. The summed E-state index contributed by atoms with van der Waals surface area (Å²) in [5.74, 6) is 2.58. The van der Waals surface area contributed by atoms with Crippen molar-refractivity contribution in [3.8, 4) is 28.7 Å². The lowest BCUT2D eigenvalue weighted by atomic mass is 10.0. The predicted octanol–water partition coefficient (Wildman–Crippen LogP) is 5.11. The molecule has 0 saturated carbocycles. The number of ether oxygens (including phenoxy) is 4. The van der Waals surface area contributed by atoms with E-state index in [-0.39, 0.29) is 5.75 Å². The van der Waals surface area contributed by atoms with Crippen LogP contribution in [-0.2, 0) is 6.42 Å². The summed E-state index contributed by atoms with van der Waals surface area (Å²) in [5.41, 5.74) is 3.55. The molecule has 28 heavy (non-hydrogen) atoms. The van der Waals surface area contributed by atoms with Crippen molar-refractivity contribution in [1.29, 1.82) is 0 Å². The van der Waals surface area contributed by atoms with Gasteiger partial charge in [-0.05, 0) is 55.2 Å². The molecule has 0 radical (unpaired) electrons. The van der Waals surface area contributed by atoms with Crippen molar-refractivity contribution in [2.45, 2.75) is 19.8 Å². The first kappa shape index (κ1) is 21.2. The Morgan fingerprint density at radius 2 is 1.36 bits per heavy atom. The third-order valence-corrected chi connectivity index (χ3v) is 4.38. The summed E-state index contributed by atoms with van der Waals surface area (Å²) in [6.07, 6.45) is 5.28. The molecular weight excluding hydrogens is 356 g/mol. The minimum absolute atomic E-state index is 0.213. The third-order valence-electron chi connectivity index (χ3n) is 4.38. The fourth-order valence-electron chi connectivity index (χ4n) is 2.91. The number of benzene rings is 2. The van der Waals surface area contributed by atoms with Gasteiger partial charge in [0.25, 0.3) is 0 Å². The van der Waals surface area contributed by atoms with E-state index < -0.39 is 0 Å². The summed E-state index contributed by atoms with van der Waals surface area (Å²) in [4.78, 5) is 0. The van der Waals surface area contributed by atoms with Gasteiger partial charge in [0.2, 0.25) is 5.75 Å². The molecule has 0 amide bonds. The number of phenols is 1. The molecule has 0 aromatic heterocycles. The lowest BCUT2D eigenvalue weighted by molar-refractivity contribution is 0.324. The van der Waals surface area contributed by atoms with Crippen molar-refractivity contribution in [3.63, 3.8) is 0 Å². The quantitative estimate of drug-likeness (QED) is 0.481. The van der Waals surface area contributed by atoms with Gasteiger partial charge in [-0.2, -0.15) is 0 Å². The van der Waals surface area contributed by atoms with Crippen LogP contribution in [0.4, 0.5) is 0 Å².